The number of nitrogens with zero attached hydrogens (tertiary/aromatic N) is 1. The summed E-state index contributed by atoms with van der Waals surface area (Å²) >= 11 is 0. The lowest BCUT2D eigenvalue weighted by Gasteiger charge is -2.27. The van der Waals surface area contributed by atoms with Gasteiger partial charge in [-0.15, -0.1) is 0 Å². The van der Waals surface area contributed by atoms with Crippen LogP contribution in [0.25, 0.3) is 0 Å². The third-order valence-corrected chi connectivity index (χ3v) is 16.9. The number of esters is 1. The molecular formula is C73H138N2O7P+. The molecule has 0 fully saturated rings. The van der Waals surface area contributed by atoms with Gasteiger partial charge >= 0.3 is 13.8 Å². The van der Waals surface area contributed by atoms with Crippen LogP contribution in [0.4, 0.5) is 0 Å². The number of allylic oxidation sites excluding steroid dienone is 9. The topological polar surface area (TPSA) is 111 Å². The molecule has 0 rings (SSSR count). The largest absolute Gasteiger partial charge is 0.472 e. The first-order valence-corrected chi connectivity index (χ1v) is 37.1. The fourth-order valence-electron chi connectivity index (χ4n) is 10.4. The molecule has 0 aromatic heterocycles. The van der Waals surface area contributed by atoms with Crippen LogP contribution in [0.2, 0.25) is 0 Å². The fourth-order valence-corrected chi connectivity index (χ4v) is 11.2. The molecule has 486 valence electrons. The van der Waals surface area contributed by atoms with Crippen molar-refractivity contribution in [1.29, 1.82) is 0 Å². The van der Waals surface area contributed by atoms with Crippen LogP contribution in [0.15, 0.2) is 60.8 Å². The molecule has 0 heterocycles. The summed E-state index contributed by atoms with van der Waals surface area (Å²) in [4.78, 5) is 37.9. The molecule has 0 bridgehead atoms. The Labute approximate surface area is 515 Å². The minimum Gasteiger partial charge on any atom is -0.456 e. The fraction of sp³-hybridized carbons (Fsp3) is 0.836. The summed E-state index contributed by atoms with van der Waals surface area (Å²) < 4.78 is 30.8. The van der Waals surface area contributed by atoms with Crippen LogP contribution in [-0.2, 0) is 27.9 Å². The SMILES string of the molecule is CCCCC/C=C\C/C=C\C/C=C\CCCCCCCCCCCCCCC(=O)OC(/C=C\CCCCCCCCCCCCC)C(COP(=O)(O)OCC[N+](C)(C)C)NC(=O)CCCCCCCCCCC/C=C/CCCCCCCC. The standard InChI is InChI=1S/C73H137N2O7P/c1-7-10-13-16-19-22-25-28-30-32-34-35-36-37-38-39-41-43-45-48-51-54-57-60-63-66-73(77)82-71(64-61-58-55-52-49-46-27-24-21-18-15-12-9-3)70(69-81-83(78,79)80-68-67-75(4,5)6)74-72(76)65-62-59-56-53-50-47-44-42-40-33-31-29-26-23-20-17-14-11-8-2/h19,22,28-31,34-35,61,64,70-71H,7-18,20-21,23-27,32-33,36-60,62-63,65-69H2,1-6H3,(H-,74,76,78,79)/p+1/b22-19-,30-28-,31-29+,35-34-,64-61-. The van der Waals surface area contributed by atoms with Crippen LogP contribution in [0, 0.1) is 0 Å². The van der Waals surface area contributed by atoms with Gasteiger partial charge in [0.1, 0.15) is 19.3 Å². The Morgan fingerprint density at radius 2 is 0.735 bits per heavy atom. The van der Waals surface area contributed by atoms with Crippen molar-refractivity contribution >= 4 is 19.7 Å². The number of hydrogen-bond donors (Lipinski definition) is 2. The lowest BCUT2D eigenvalue weighted by atomic mass is 10.0. The second-order valence-electron chi connectivity index (χ2n) is 25.4. The van der Waals surface area contributed by atoms with Crippen LogP contribution in [0.1, 0.15) is 342 Å². The number of likely N-dealkylation sites (N-methyl/N-ethyl adjacent to an activating group) is 1. The smallest absolute Gasteiger partial charge is 0.456 e. The highest BCUT2D eigenvalue weighted by molar-refractivity contribution is 7.47. The predicted octanol–water partition coefficient (Wildman–Crippen LogP) is 22.6. The maximum atomic E-state index is 13.6. The molecule has 83 heavy (non-hydrogen) atoms. The van der Waals surface area contributed by atoms with Gasteiger partial charge in [-0.05, 0) is 96.0 Å². The Hall–Kier alpha value is -2.29. The van der Waals surface area contributed by atoms with E-state index in [-0.39, 0.29) is 31.5 Å². The molecule has 0 aliphatic carbocycles. The van der Waals surface area contributed by atoms with E-state index in [9.17, 15) is 19.0 Å². The summed E-state index contributed by atoms with van der Waals surface area (Å²) in [5.74, 6) is -0.497. The van der Waals surface area contributed by atoms with Gasteiger partial charge < -0.3 is 19.4 Å². The first-order chi connectivity index (χ1) is 40.4. The third kappa shape index (κ3) is 64.0. The van der Waals surface area contributed by atoms with E-state index in [0.717, 1.165) is 70.6 Å². The molecule has 0 spiro atoms. The van der Waals surface area contributed by atoms with Crippen LogP contribution in [-0.4, -0.2) is 74.3 Å². The van der Waals surface area contributed by atoms with E-state index in [1.807, 2.05) is 33.3 Å². The molecule has 0 aliphatic heterocycles. The summed E-state index contributed by atoms with van der Waals surface area (Å²) in [7, 11) is 1.50. The molecule has 10 heteroatoms. The van der Waals surface area contributed by atoms with Crippen molar-refractivity contribution in [2.45, 2.75) is 354 Å². The average Bonchev–Trinajstić information content (AvgIpc) is 3.46. The van der Waals surface area contributed by atoms with Crippen molar-refractivity contribution in [3.05, 3.63) is 60.8 Å². The normalized spacial score (nSPS) is 13.9. The zero-order valence-corrected chi connectivity index (χ0v) is 56.6. The van der Waals surface area contributed by atoms with E-state index in [0.29, 0.717) is 17.4 Å². The van der Waals surface area contributed by atoms with Gasteiger partial charge in [0.15, 0.2) is 0 Å². The van der Waals surface area contributed by atoms with Gasteiger partial charge in [-0.1, -0.05) is 294 Å². The number of phosphoric ester groups is 1. The molecule has 9 nitrogen and oxygen atoms in total. The quantitative estimate of drug-likeness (QED) is 0.0205. The van der Waals surface area contributed by atoms with Gasteiger partial charge in [0.05, 0.1) is 33.8 Å². The van der Waals surface area contributed by atoms with Gasteiger partial charge in [-0.2, -0.15) is 0 Å². The maximum Gasteiger partial charge on any atom is 0.472 e. The van der Waals surface area contributed by atoms with Crippen molar-refractivity contribution in [1.82, 2.24) is 5.32 Å². The van der Waals surface area contributed by atoms with Crippen LogP contribution < -0.4 is 5.32 Å². The molecule has 3 unspecified atom stereocenters. The van der Waals surface area contributed by atoms with Gasteiger partial charge in [-0.3, -0.25) is 18.6 Å². The molecule has 0 saturated heterocycles. The average molecular weight is 1190 g/mol. The summed E-state index contributed by atoms with van der Waals surface area (Å²) in [6.07, 6.45) is 80.8. The zero-order valence-electron chi connectivity index (χ0n) is 55.7. The van der Waals surface area contributed by atoms with Gasteiger partial charge in [0.2, 0.25) is 5.91 Å². The number of phosphoric acid groups is 1. The highest BCUT2D eigenvalue weighted by Crippen LogP contribution is 2.43. The third-order valence-electron chi connectivity index (χ3n) is 15.9. The van der Waals surface area contributed by atoms with Crippen LogP contribution >= 0.6 is 7.82 Å². The molecule has 3 atom stereocenters. The first kappa shape index (κ1) is 80.7. The van der Waals surface area contributed by atoms with Crippen molar-refractivity contribution in [2.75, 3.05) is 40.9 Å². The second-order valence-corrected chi connectivity index (χ2v) is 26.9. The predicted molar refractivity (Wildman–Crippen MR) is 360 cm³/mol. The minimum absolute atomic E-state index is 0.0398. The van der Waals surface area contributed by atoms with E-state index >= 15 is 0 Å². The van der Waals surface area contributed by atoms with Gasteiger partial charge in [0.25, 0.3) is 0 Å². The molecule has 0 aliphatic rings. The highest BCUT2D eigenvalue weighted by atomic mass is 31.2. The minimum atomic E-state index is -4.46. The number of hydrogen-bond acceptors (Lipinski definition) is 6. The number of amides is 1. The first-order valence-electron chi connectivity index (χ1n) is 35.6. The number of unbranched alkanes of at least 4 members (excludes halogenated alkanes) is 41. The second kappa shape index (κ2) is 62.8. The Balaban J connectivity index is 5.10. The van der Waals surface area contributed by atoms with Crippen LogP contribution in [0.3, 0.4) is 0 Å². The van der Waals surface area contributed by atoms with Gasteiger partial charge in [0, 0.05) is 12.8 Å². The molecule has 2 N–H and O–H groups in total. The maximum absolute atomic E-state index is 13.6. The molecule has 0 aromatic carbocycles. The van der Waals surface area contributed by atoms with E-state index in [1.165, 1.54) is 238 Å². The Morgan fingerprint density at radius 1 is 0.422 bits per heavy atom. The summed E-state index contributed by atoms with van der Waals surface area (Å²) in [6, 6.07) is -0.851. The molecule has 1 amide bonds. The molecule has 0 aromatic rings. The Morgan fingerprint density at radius 3 is 1.13 bits per heavy atom. The van der Waals surface area contributed by atoms with Gasteiger partial charge in [-0.25, -0.2) is 4.57 Å². The van der Waals surface area contributed by atoms with E-state index in [1.54, 1.807) is 0 Å². The summed E-state index contributed by atoms with van der Waals surface area (Å²) in [5.41, 5.74) is 0. The van der Waals surface area contributed by atoms with Crippen molar-refractivity contribution < 1.29 is 37.3 Å². The number of ether oxygens (including phenoxy) is 1. The number of carbonyl (C=O) groups is 2. The van der Waals surface area contributed by atoms with Crippen LogP contribution in [0.5, 0.6) is 0 Å². The summed E-state index contributed by atoms with van der Waals surface area (Å²) in [6.45, 7) is 7.02. The van der Waals surface area contributed by atoms with E-state index in [2.05, 4.69) is 74.7 Å². The van der Waals surface area contributed by atoms with E-state index in [4.69, 9.17) is 13.8 Å². The van der Waals surface area contributed by atoms with Crippen molar-refractivity contribution in [2.24, 2.45) is 0 Å². The molecule has 0 radical (unpaired) electrons. The Bertz CT molecular complexity index is 1600. The monoisotopic (exact) mass is 1190 g/mol. The number of carbonyl (C=O) groups excluding carboxylic acids is 2. The zero-order chi connectivity index (χ0) is 60.7. The lowest BCUT2D eigenvalue weighted by molar-refractivity contribution is -0.870. The van der Waals surface area contributed by atoms with Crippen molar-refractivity contribution in [3.63, 3.8) is 0 Å². The summed E-state index contributed by atoms with van der Waals surface area (Å²) in [5, 5.41) is 3.07. The number of rotatable bonds is 65. The lowest BCUT2D eigenvalue weighted by Crippen LogP contribution is -2.47. The molecule has 0 saturated carbocycles. The number of quaternary nitrogens is 1. The van der Waals surface area contributed by atoms with E-state index < -0.39 is 20.0 Å². The number of nitrogens with one attached hydrogen (secondary N) is 1. The molecular weight excluding hydrogens is 1050 g/mol. The van der Waals surface area contributed by atoms with Crippen molar-refractivity contribution in [3.8, 4) is 0 Å². The highest BCUT2D eigenvalue weighted by Gasteiger charge is 2.30. The Kier molecular flexibility index (Phi) is 61.0.